The number of hydrogen-bond acceptors (Lipinski definition) is 6. The number of carboxylic acid groups (broad SMARTS) is 1. The highest BCUT2D eigenvalue weighted by molar-refractivity contribution is 5.96. The van der Waals surface area contributed by atoms with Crippen molar-refractivity contribution in [2.45, 2.75) is 20.8 Å². The molecule has 3 aromatic rings. The summed E-state index contributed by atoms with van der Waals surface area (Å²) in [7, 11) is 0. The molecule has 3 aromatic heterocycles. The van der Waals surface area contributed by atoms with Crippen LogP contribution in [0.3, 0.4) is 0 Å². The van der Waals surface area contributed by atoms with Crippen LogP contribution in [-0.2, 0) is 4.79 Å². The highest BCUT2D eigenvalue weighted by Crippen LogP contribution is 2.21. The molecular formula is C18H16N6O3. The fourth-order valence-electron chi connectivity index (χ4n) is 2.31. The number of pyridine rings is 1. The average Bonchev–Trinajstić information content (AvgIpc) is 3.03. The molecule has 2 N–H and O–H groups in total. The smallest absolute Gasteiger partial charge is 0.337 e. The van der Waals surface area contributed by atoms with E-state index in [4.69, 9.17) is 5.26 Å². The Morgan fingerprint density at radius 1 is 1.33 bits per heavy atom. The van der Waals surface area contributed by atoms with E-state index in [2.05, 4.69) is 20.4 Å². The molecule has 0 spiro atoms. The lowest BCUT2D eigenvalue weighted by Crippen LogP contribution is -2.29. The molecular weight excluding hydrogens is 348 g/mol. The summed E-state index contributed by atoms with van der Waals surface area (Å²) in [5, 5.41) is 25.3. The first-order valence-electron chi connectivity index (χ1n) is 8.01. The first-order valence-corrected chi connectivity index (χ1v) is 8.01. The van der Waals surface area contributed by atoms with Crippen LogP contribution in [0.1, 0.15) is 29.9 Å². The number of anilines is 1. The van der Waals surface area contributed by atoms with Crippen molar-refractivity contribution >= 4 is 23.3 Å². The molecule has 0 radical (unpaired) electrons. The zero-order valence-electron chi connectivity index (χ0n) is 14.9. The van der Waals surface area contributed by atoms with Gasteiger partial charge in [0, 0.05) is 11.8 Å². The lowest BCUT2D eigenvalue weighted by Gasteiger charge is -2.12. The number of amides is 1. The second-order valence-electron chi connectivity index (χ2n) is 6.50. The van der Waals surface area contributed by atoms with Crippen LogP contribution < -0.4 is 5.32 Å². The summed E-state index contributed by atoms with van der Waals surface area (Å²) >= 11 is 0. The third-order valence-electron chi connectivity index (χ3n) is 4.02. The SMILES string of the molecule is Cc1ncc(-c2ccc3nc(NC(=O)C(C)(C)C#N)cn3n2)cc1C(=O)O. The second kappa shape index (κ2) is 6.49. The Morgan fingerprint density at radius 2 is 2.07 bits per heavy atom. The van der Waals surface area contributed by atoms with Crippen LogP contribution in [0.25, 0.3) is 16.9 Å². The summed E-state index contributed by atoms with van der Waals surface area (Å²) in [5.41, 5.74) is 0.874. The molecule has 1 amide bonds. The maximum Gasteiger partial charge on any atom is 0.337 e. The summed E-state index contributed by atoms with van der Waals surface area (Å²) < 4.78 is 1.46. The van der Waals surface area contributed by atoms with Crippen molar-refractivity contribution in [3.63, 3.8) is 0 Å². The van der Waals surface area contributed by atoms with E-state index in [0.717, 1.165) is 0 Å². The van der Waals surface area contributed by atoms with Gasteiger partial charge in [-0.15, -0.1) is 0 Å². The minimum Gasteiger partial charge on any atom is -0.478 e. The monoisotopic (exact) mass is 364 g/mol. The van der Waals surface area contributed by atoms with Crippen LogP contribution in [-0.4, -0.2) is 36.6 Å². The van der Waals surface area contributed by atoms with E-state index in [1.165, 1.54) is 30.6 Å². The Kier molecular flexibility index (Phi) is 4.33. The third-order valence-corrected chi connectivity index (χ3v) is 4.02. The molecule has 27 heavy (non-hydrogen) atoms. The number of nitrogens with one attached hydrogen (secondary N) is 1. The van der Waals surface area contributed by atoms with Crippen LogP contribution in [0.5, 0.6) is 0 Å². The minimum atomic E-state index is -1.19. The molecule has 0 aliphatic carbocycles. The van der Waals surface area contributed by atoms with Crippen LogP contribution in [0.15, 0.2) is 30.6 Å². The maximum atomic E-state index is 12.1. The summed E-state index contributed by atoms with van der Waals surface area (Å²) in [6, 6.07) is 6.81. The maximum absolute atomic E-state index is 12.1. The van der Waals surface area contributed by atoms with Gasteiger partial charge >= 0.3 is 5.97 Å². The van der Waals surface area contributed by atoms with Gasteiger partial charge in [0.1, 0.15) is 5.41 Å². The van der Waals surface area contributed by atoms with Crippen molar-refractivity contribution < 1.29 is 14.7 Å². The van der Waals surface area contributed by atoms with E-state index < -0.39 is 17.3 Å². The first kappa shape index (κ1) is 18.0. The normalized spacial score (nSPS) is 11.2. The van der Waals surface area contributed by atoms with Crippen LogP contribution in [0.2, 0.25) is 0 Å². The Hall–Kier alpha value is -3.80. The van der Waals surface area contributed by atoms with Gasteiger partial charge in [-0.25, -0.2) is 14.3 Å². The van der Waals surface area contributed by atoms with E-state index >= 15 is 0 Å². The standard InChI is InChI=1S/C18H16N6O3/c1-10-12(16(25)26)6-11(7-20-10)13-4-5-15-21-14(8-24(15)23-13)22-17(27)18(2,3)9-19/h4-8H,1-3H3,(H,22,27)(H,25,26). The van der Waals surface area contributed by atoms with Gasteiger partial charge in [0.05, 0.1) is 29.2 Å². The Labute approximate surface area is 154 Å². The number of aromatic carboxylic acids is 1. The van der Waals surface area contributed by atoms with Crippen LogP contribution >= 0.6 is 0 Å². The topological polar surface area (TPSA) is 133 Å². The van der Waals surface area contributed by atoms with Crippen molar-refractivity contribution in [1.82, 2.24) is 19.6 Å². The van der Waals surface area contributed by atoms with Gasteiger partial charge in [0.2, 0.25) is 5.91 Å². The van der Waals surface area contributed by atoms with Crippen LogP contribution in [0, 0.1) is 23.7 Å². The quantitative estimate of drug-likeness (QED) is 0.725. The Morgan fingerprint density at radius 3 is 2.74 bits per heavy atom. The summed E-state index contributed by atoms with van der Waals surface area (Å²) in [6.45, 7) is 4.65. The molecule has 9 heteroatoms. The molecule has 3 heterocycles. The molecule has 0 saturated carbocycles. The zero-order valence-corrected chi connectivity index (χ0v) is 14.9. The summed E-state index contributed by atoms with van der Waals surface area (Å²) in [5.74, 6) is -1.26. The molecule has 136 valence electrons. The number of carbonyl (C=O) groups is 2. The van der Waals surface area contributed by atoms with E-state index in [-0.39, 0.29) is 11.4 Å². The second-order valence-corrected chi connectivity index (χ2v) is 6.50. The molecule has 0 unspecified atom stereocenters. The number of nitriles is 1. The van der Waals surface area contributed by atoms with E-state index in [9.17, 15) is 14.7 Å². The Bertz CT molecular complexity index is 1110. The fourth-order valence-corrected chi connectivity index (χ4v) is 2.31. The molecule has 0 saturated heterocycles. The Balaban J connectivity index is 1.95. The number of rotatable bonds is 4. The minimum absolute atomic E-state index is 0.103. The molecule has 0 atom stereocenters. The number of fused-ring (bicyclic) bond motifs is 1. The van der Waals surface area contributed by atoms with E-state index in [0.29, 0.717) is 22.6 Å². The van der Waals surface area contributed by atoms with Gasteiger partial charge in [0.25, 0.3) is 0 Å². The van der Waals surface area contributed by atoms with Crippen LogP contribution in [0.4, 0.5) is 5.82 Å². The molecule has 3 rings (SSSR count). The highest BCUT2D eigenvalue weighted by atomic mass is 16.4. The summed E-state index contributed by atoms with van der Waals surface area (Å²) in [6.07, 6.45) is 3.06. The lowest BCUT2D eigenvalue weighted by atomic mass is 9.95. The molecule has 0 aliphatic rings. The van der Waals surface area contributed by atoms with Crippen molar-refractivity contribution in [3.05, 3.63) is 41.9 Å². The van der Waals surface area contributed by atoms with Gasteiger partial charge in [-0.05, 0) is 39.0 Å². The molecule has 0 fully saturated rings. The molecule has 0 aromatic carbocycles. The van der Waals surface area contributed by atoms with Gasteiger partial charge in [-0.3, -0.25) is 9.78 Å². The predicted octanol–water partition coefficient (Wildman–Crippen LogP) is 2.29. The van der Waals surface area contributed by atoms with E-state index in [1.807, 2.05) is 6.07 Å². The molecule has 0 aliphatic heterocycles. The average molecular weight is 364 g/mol. The van der Waals surface area contributed by atoms with Gasteiger partial charge in [0.15, 0.2) is 11.5 Å². The number of hydrogen-bond donors (Lipinski definition) is 2. The van der Waals surface area contributed by atoms with Crippen molar-refractivity contribution in [1.29, 1.82) is 5.26 Å². The lowest BCUT2D eigenvalue weighted by molar-refractivity contribution is -0.121. The highest BCUT2D eigenvalue weighted by Gasteiger charge is 2.27. The summed E-state index contributed by atoms with van der Waals surface area (Å²) in [4.78, 5) is 31.7. The van der Waals surface area contributed by atoms with Gasteiger partial charge < -0.3 is 10.4 Å². The number of carbonyl (C=O) groups excluding carboxylic acids is 1. The van der Waals surface area contributed by atoms with Crippen molar-refractivity contribution in [2.75, 3.05) is 5.32 Å². The number of nitrogens with zero attached hydrogens (tertiary/aromatic N) is 5. The molecule has 0 bridgehead atoms. The van der Waals surface area contributed by atoms with Gasteiger partial charge in [-0.1, -0.05) is 0 Å². The number of carboxylic acids is 1. The largest absolute Gasteiger partial charge is 0.478 e. The van der Waals surface area contributed by atoms with E-state index in [1.54, 1.807) is 25.3 Å². The fraction of sp³-hybridized carbons (Fsp3) is 0.222. The zero-order chi connectivity index (χ0) is 19.8. The number of aromatic nitrogens is 4. The predicted molar refractivity (Wildman–Crippen MR) is 95.9 cm³/mol. The van der Waals surface area contributed by atoms with Gasteiger partial charge in [-0.2, -0.15) is 10.4 Å². The number of imidazole rings is 1. The number of aryl methyl sites for hydroxylation is 1. The third kappa shape index (κ3) is 3.46. The van der Waals surface area contributed by atoms with Crippen molar-refractivity contribution in [3.8, 4) is 17.3 Å². The molecule has 9 nitrogen and oxygen atoms in total. The van der Waals surface area contributed by atoms with Crippen molar-refractivity contribution in [2.24, 2.45) is 5.41 Å². The first-order chi connectivity index (χ1) is 12.7.